The van der Waals surface area contributed by atoms with E-state index in [2.05, 4.69) is 26.1 Å². The first-order valence-electron chi connectivity index (χ1n) is 8.29. The zero-order chi connectivity index (χ0) is 16.2. The van der Waals surface area contributed by atoms with E-state index in [-0.39, 0.29) is 5.91 Å². The van der Waals surface area contributed by atoms with Gasteiger partial charge in [-0.05, 0) is 31.5 Å². The Bertz CT molecular complexity index is 548. The number of piperazine rings is 1. The fourth-order valence-electron chi connectivity index (χ4n) is 3.34. The largest absolute Gasteiger partial charge is 0.481 e. The van der Waals surface area contributed by atoms with Gasteiger partial charge in [-0.1, -0.05) is 22.0 Å². The maximum absolute atomic E-state index is 12.6. The molecular weight excluding hydrogens is 358 g/mol. The van der Waals surface area contributed by atoms with Crippen LogP contribution in [0.4, 0.5) is 0 Å². The minimum Gasteiger partial charge on any atom is -0.481 e. The number of carbonyl (C=O) groups excluding carboxylic acids is 1. The fraction of sp³-hybridized carbons (Fsp3) is 0.588. The highest BCUT2D eigenvalue weighted by molar-refractivity contribution is 9.10. The summed E-state index contributed by atoms with van der Waals surface area (Å²) < 4.78 is 6.76. The number of benzene rings is 1. The zero-order valence-electron chi connectivity index (χ0n) is 13.5. The van der Waals surface area contributed by atoms with E-state index in [9.17, 15) is 4.79 Å². The molecule has 1 aromatic carbocycles. The van der Waals surface area contributed by atoms with Gasteiger partial charge >= 0.3 is 0 Å². The summed E-state index contributed by atoms with van der Waals surface area (Å²) in [7, 11) is 0. The summed E-state index contributed by atoms with van der Waals surface area (Å²) >= 11 is 3.42. The van der Waals surface area contributed by atoms with Gasteiger partial charge in [0.25, 0.3) is 5.91 Å². The van der Waals surface area contributed by atoms with Gasteiger partial charge in [-0.15, -0.1) is 0 Å². The molecule has 2 unspecified atom stereocenters. The Morgan fingerprint density at radius 2 is 2.13 bits per heavy atom. The van der Waals surface area contributed by atoms with Crippen molar-refractivity contribution < 1.29 is 9.53 Å². The van der Waals surface area contributed by atoms with Crippen LogP contribution in [0, 0.1) is 0 Å². The first-order chi connectivity index (χ1) is 11.1. The number of hydrogen-bond acceptors (Lipinski definition) is 4. The molecule has 5 nitrogen and oxygen atoms in total. The molecule has 23 heavy (non-hydrogen) atoms. The zero-order valence-corrected chi connectivity index (χ0v) is 15.1. The van der Waals surface area contributed by atoms with Crippen molar-refractivity contribution in [2.24, 2.45) is 0 Å². The van der Waals surface area contributed by atoms with Gasteiger partial charge in [0.15, 0.2) is 6.10 Å². The number of ether oxygens (including phenoxy) is 1. The summed E-state index contributed by atoms with van der Waals surface area (Å²) in [5.41, 5.74) is 0. The summed E-state index contributed by atoms with van der Waals surface area (Å²) in [5, 5.41) is 3.38. The molecule has 2 heterocycles. The van der Waals surface area contributed by atoms with Crippen LogP contribution in [0.1, 0.15) is 13.3 Å². The summed E-state index contributed by atoms with van der Waals surface area (Å²) in [5.74, 6) is 0.806. The van der Waals surface area contributed by atoms with Crippen LogP contribution < -0.4 is 10.1 Å². The van der Waals surface area contributed by atoms with Crippen molar-refractivity contribution in [3.8, 4) is 5.75 Å². The molecule has 0 spiro atoms. The Kier molecular flexibility index (Phi) is 5.56. The Morgan fingerprint density at radius 1 is 1.35 bits per heavy atom. The van der Waals surface area contributed by atoms with E-state index in [1.54, 1.807) is 0 Å². The van der Waals surface area contributed by atoms with E-state index in [0.29, 0.717) is 6.04 Å². The van der Waals surface area contributed by atoms with Gasteiger partial charge in [-0.3, -0.25) is 9.69 Å². The fourth-order valence-corrected chi connectivity index (χ4v) is 3.72. The quantitative estimate of drug-likeness (QED) is 0.862. The molecule has 0 aliphatic carbocycles. The highest BCUT2D eigenvalue weighted by Crippen LogP contribution is 2.21. The molecule has 0 bridgehead atoms. The summed E-state index contributed by atoms with van der Waals surface area (Å²) in [6, 6.07) is 8.11. The van der Waals surface area contributed by atoms with Gasteiger partial charge in [-0.25, -0.2) is 0 Å². The summed E-state index contributed by atoms with van der Waals surface area (Å²) in [6.07, 6.45) is 0.612. The smallest absolute Gasteiger partial charge is 0.263 e. The molecule has 2 aliphatic heterocycles. The first kappa shape index (κ1) is 16.7. The molecule has 1 amide bonds. The van der Waals surface area contributed by atoms with E-state index >= 15 is 0 Å². The Labute approximate surface area is 146 Å². The van der Waals surface area contributed by atoms with Gasteiger partial charge in [0.1, 0.15) is 5.75 Å². The normalized spacial score (nSPS) is 23.7. The van der Waals surface area contributed by atoms with Crippen LogP contribution >= 0.6 is 15.9 Å². The van der Waals surface area contributed by atoms with E-state index < -0.39 is 6.10 Å². The van der Waals surface area contributed by atoms with Crippen molar-refractivity contribution in [1.82, 2.24) is 15.1 Å². The molecule has 2 atom stereocenters. The van der Waals surface area contributed by atoms with Crippen molar-refractivity contribution in [2.75, 3.05) is 39.3 Å². The topological polar surface area (TPSA) is 44.8 Å². The molecule has 0 saturated carbocycles. The first-order valence-corrected chi connectivity index (χ1v) is 9.08. The molecule has 1 aromatic rings. The van der Waals surface area contributed by atoms with Crippen molar-refractivity contribution in [3.63, 3.8) is 0 Å². The summed E-state index contributed by atoms with van der Waals surface area (Å²) in [4.78, 5) is 17.1. The maximum atomic E-state index is 12.6. The average molecular weight is 382 g/mol. The molecule has 126 valence electrons. The van der Waals surface area contributed by atoms with Crippen molar-refractivity contribution >= 4 is 21.8 Å². The lowest BCUT2D eigenvalue weighted by Gasteiger charge is -2.32. The molecule has 2 aliphatic rings. The van der Waals surface area contributed by atoms with Gasteiger partial charge in [0.2, 0.25) is 0 Å². The van der Waals surface area contributed by atoms with Crippen molar-refractivity contribution in [1.29, 1.82) is 0 Å². The number of nitrogens with zero attached hydrogens (tertiary/aromatic N) is 2. The highest BCUT2D eigenvalue weighted by Gasteiger charge is 2.33. The van der Waals surface area contributed by atoms with Crippen LogP contribution in [0.5, 0.6) is 5.75 Å². The van der Waals surface area contributed by atoms with Crippen LogP contribution in [0.3, 0.4) is 0 Å². The maximum Gasteiger partial charge on any atom is 0.263 e. The number of rotatable bonds is 4. The minimum atomic E-state index is -0.453. The van der Waals surface area contributed by atoms with Crippen LogP contribution in [0.25, 0.3) is 0 Å². The number of carbonyl (C=O) groups is 1. The molecular formula is C17H24BrN3O2. The van der Waals surface area contributed by atoms with E-state index in [1.165, 1.54) is 0 Å². The Hall–Kier alpha value is -1.11. The summed E-state index contributed by atoms with van der Waals surface area (Å²) in [6.45, 7) is 7.75. The van der Waals surface area contributed by atoms with E-state index in [4.69, 9.17) is 4.74 Å². The molecule has 1 N–H and O–H groups in total. The number of likely N-dealkylation sites (tertiary alicyclic amines) is 1. The third-order valence-electron chi connectivity index (χ3n) is 4.60. The lowest BCUT2D eigenvalue weighted by atomic mass is 10.2. The Balaban J connectivity index is 1.53. The van der Waals surface area contributed by atoms with Gasteiger partial charge in [-0.2, -0.15) is 0 Å². The molecule has 6 heteroatoms. The number of halogens is 1. The highest BCUT2D eigenvalue weighted by atomic mass is 79.9. The van der Waals surface area contributed by atoms with Gasteiger partial charge in [0, 0.05) is 49.8 Å². The second-order valence-corrected chi connectivity index (χ2v) is 7.15. The Morgan fingerprint density at radius 3 is 2.87 bits per heavy atom. The molecule has 2 saturated heterocycles. The number of hydrogen-bond donors (Lipinski definition) is 1. The van der Waals surface area contributed by atoms with Crippen LogP contribution in [-0.4, -0.2) is 67.1 Å². The van der Waals surface area contributed by atoms with Crippen LogP contribution in [0.2, 0.25) is 0 Å². The second kappa shape index (κ2) is 7.64. The van der Waals surface area contributed by atoms with Crippen LogP contribution in [-0.2, 0) is 4.79 Å². The van der Waals surface area contributed by atoms with Gasteiger partial charge < -0.3 is 15.0 Å². The molecule has 3 rings (SSSR count). The lowest BCUT2D eigenvalue weighted by molar-refractivity contribution is -0.137. The predicted molar refractivity (Wildman–Crippen MR) is 93.7 cm³/mol. The third-order valence-corrected chi connectivity index (χ3v) is 5.09. The lowest BCUT2D eigenvalue weighted by Crippen LogP contribution is -2.50. The monoisotopic (exact) mass is 381 g/mol. The number of nitrogens with one attached hydrogen (secondary N) is 1. The number of amides is 1. The molecule has 0 radical (unpaired) electrons. The molecule has 0 aromatic heterocycles. The van der Waals surface area contributed by atoms with Crippen molar-refractivity contribution in [3.05, 3.63) is 28.7 Å². The molecule has 2 fully saturated rings. The third kappa shape index (κ3) is 4.25. The minimum absolute atomic E-state index is 0.0857. The van der Waals surface area contributed by atoms with Crippen LogP contribution in [0.15, 0.2) is 28.7 Å². The SMILES string of the molecule is CC(Oc1cccc(Br)c1)C(=O)N1CCC(N2CCNCC2)C1. The van der Waals surface area contributed by atoms with E-state index in [1.807, 2.05) is 36.1 Å². The second-order valence-electron chi connectivity index (χ2n) is 6.23. The van der Waals surface area contributed by atoms with Gasteiger partial charge in [0.05, 0.1) is 0 Å². The average Bonchev–Trinajstić information content (AvgIpc) is 3.05. The standard InChI is InChI=1S/C17H24BrN3O2/c1-13(23-16-4-2-3-14(18)11-16)17(22)21-8-5-15(12-21)20-9-6-19-7-10-20/h2-4,11,13,15,19H,5-10,12H2,1H3. The van der Waals surface area contributed by atoms with Crippen molar-refractivity contribution in [2.45, 2.75) is 25.5 Å². The van der Waals surface area contributed by atoms with E-state index in [0.717, 1.165) is 55.9 Å². The predicted octanol–water partition coefficient (Wildman–Crippen LogP) is 1.72.